The number of rotatable bonds is 3. The Labute approximate surface area is 183 Å². The van der Waals surface area contributed by atoms with Crippen molar-refractivity contribution in [3.8, 4) is 0 Å². The summed E-state index contributed by atoms with van der Waals surface area (Å²) in [5.41, 5.74) is 0.700. The molecule has 5 rings (SSSR count). The van der Waals surface area contributed by atoms with Gasteiger partial charge in [-0.05, 0) is 42.0 Å². The molecule has 0 bridgehead atoms. The van der Waals surface area contributed by atoms with Crippen molar-refractivity contribution in [3.63, 3.8) is 0 Å². The van der Waals surface area contributed by atoms with Crippen LogP contribution in [0.2, 0.25) is 0 Å². The number of amides is 2. The Morgan fingerprint density at radius 2 is 1.88 bits per heavy atom. The maximum Gasteiger partial charge on any atom is 0.416 e. The number of nitrogens with one attached hydrogen (secondary N) is 3. The molecule has 2 amide bonds. The summed E-state index contributed by atoms with van der Waals surface area (Å²) in [5, 5.41) is 13.1. The second-order valence-electron chi connectivity index (χ2n) is 7.57. The number of aromatic amines is 1. The molecule has 3 N–H and O–H groups in total. The summed E-state index contributed by atoms with van der Waals surface area (Å²) in [6, 6.07) is 11.1. The van der Waals surface area contributed by atoms with Crippen LogP contribution in [0.1, 0.15) is 43.4 Å². The lowest BCUT2D eigenvalue weighted by molar-refractivity contribution is -0.137. The van der Waals surface area contributed by atoms with Crippen LogP contribution in [0.25, 0.3) is 10.9 Å². The van der Waals surface area contributed by atoms with E-state index in [1.807, 2.05) is 12.1 Å². The molecule has 0 spiro atoms. The molecule has 1 aliphatic rings. The largest absolute Gasteiger partial charge is 0.416 e. The van der Waals surface area contributed by atoms with Gasteiger partial charge in [0.25, 0.3) is 11.8 Å². The Hall–Kier alpha value is -4.21. The van der Waals surface area contributed by atoms with Gasteiger partial charge in [-0.1, -0.05) is 18.2 Å². The second kappa shape index (κ2) is 7.44. The first-order chi connectivity index (χ1) is 15.7. The predicted molar refractivity (Wildman–Crippen MR) is 111 cm³/mol. The topological polar surface area (TPSA) is 86.9 Å². The van der Waals surface area contributed by atoms with Crippen molar-refractivity contribution in [2.45, 2.75) is 12.2 Å². The summed E-state index contributed by atoms with van der Waals surface area (Å²) in [5.74, 6) is -2.48. The van der Waals surface area contributed by atoms with E-state index in [0.717, 1.165) is 17.0 Å². The molecule has 1 aromatic heterocycles. The molecule has 1 unspecified atom stereocenters. The van der Waals surface area contributed by atoms with E-state index < -0.39 is 35.1 Å². The highest BCUT2D eigenvalue weighted by Gasteiger charge is 2.34. The zero-order chi connectivity index (χ0) is 23.3. The van der Waals surface area contributed by atoms with Gasteiger partial charge in [-0.25, -0.2) is 4.39 Å². The van der Waals surface area contributed by atoms with Gasteiger partial charge in [-0.15, -0.1) is 0 Å². The maximum atomic E-state index is 13.8. The smallest absolute Gasteiger partial charge is 0.341 e. The first-order valence-corrected chi connectivity index (χ1v) is 9.76. The summed E-state index contributed by atoms with van der Waals surface area (Å²) in [4.78, 5) is 25.3. The van der Waals surface area contributed by atoms with E-state index in [0.29, 0.717) is 28.8 Å². The van der Waals surface area contributed by atoms with Gasteiger partial charge in [-0.3, -0.25) is 14.7 Å². The molecule has 0 saturated carbocycles. The van der Waals surface area contributed by atoms with E-state index in [9.17, 15) is 27.2 Å². The molecule has 6 nitrogen and oxygen atoms in total. The molecule has 1 aliphatic heterocycles. The highest BCUT2D eigenvalue weighted by Crippen LogP contribution is 2.37. The van der Waals surface area contributed by atoms with E-state index in [1.165, 1.54) is 6.07 Å². The molecule has 0 saturated heterocycles. The van der Waals surface area contributed by atoms with Crippen molar-refractivity contribution in [1.29, 1.82) is 0 Å². The summed E-state index contributed by atoms with van der Waals surface area (Å²) < 4.78 is 52.9. The molecule has 10 heteroatoms. The van der Waals surface area contributed by atoms with Crippen molar-refractivity contribution in [1.82, 2.24) is 15.5 Å². The third-order valence-corrected chi connectivity index (χ3v) is 5.45. The minimum Gasteiger partial charge on any atom is -0.341 e. The molecule has 0 aliphatic carbocycles. The molecule has 0 radical (unpaired) electrons. The van der Waals surface area contributed by atoms with Crippen molar-refractivity contribution < 1.29 is 27.2 Å². The number of nitrogens with zero attached hydrogens (tertiary/aromatic N) is 1. The van der Waals surface area contributed by atoms with Crippen molar-refractivity contribution in [2.24, 2.45) is 0 Å². The van der Waals surface area contributed by atoms with Gasteiger partial charge in [-0.2, -0.15) is 18.3 Å². The zero-order valence-corrected chi connectivity index (χ0v) is 16.6. The Bertz CT molecular complexity index is 1430. The number of anilines is 1. The summed E-state index contributed by atoms with van der Waals surface area (Å²) in [6.45, 7) is 0. The van der Waals surface area contributed by atoms with Crippen LogP contribution in [-0.4, -0.2) is 22.0 Å². The van der Waals surface area contributed by atoms with Crippen LogP contribution in [0.5, 0.6) is 0 Å². The minimum atomic E-state index is -4.81. The molecule has 166 valence electrons. The van der Waals surface area contributed by atoms with E-state index >= 15 is 0 Å². The molecule has 4 aromatic rings. The second-order valence-corrected chi connectivity index (χ2v) is 7.57. The van der Waals surface area contributed by atoms with Crippen molar-refractivity contribution in [2.75, 3.05) is 5.32 Å². The lowest BCUT2D eigenvalue weighted by Crippen LogP contribution is -2.20. The van der Waals surface area contributed by atoms with Crippen LogP contribution >= 0.6 is 0 Å². The predicted octanol–water partition coefficient (Wildman–Crippen LogP) is 4.81. The van der Waals surface area contributed by atoms with Gasteiger partial charge in [0.2, 0.25) is 0 Å². The molecule has 2 heterocycles. The Morgan fingerprint density at radius 3 is 2.67 bits per heavy atom. The van der Waals surface area contributed by atoms with E-state index in [-0.39, 0.29) is 11.6 Å². The zero-order valence-electron chi connectivity index (χ0n) is 16.6. The summed E-state index contributed by atoms with van der Waals surface area (Å²) in [6.07, 6.45) is -3.15. The standard InChI is InChI=1S/C23H14F4N4O2/c24-15-7-13(6-14(9-15)23(25,26)27)21(32)29-17-3-1-2-16-19(17)20(30-22(16)33)11-4-5-12-10-28-31-18(12)8-11/h1-10,20H,(H,28,31)(H,29,32)(H,30,33). The van der Waals surface area contributed by atoms with Crippen LogP contribution in [-0.2, 0) is 6.18 Å². The van der Waals surface area contributed by atoms with Gasteiger partial charge < -0.3 is 10.6 Å². The quantitative estimate of drug-likeness (QED) is 0.389. The van der Waals surface area contributed by atoms with Crippen molar-refractivity contribution in [3.05, 3.63) is 94.4 Å². The lowest BCUT2D eigenvalue weighted by atomic mass is 9.95. The number of fused-ring (bicyclic) bond motifs is 2. The number of aromatic nitrogens is 2. The first kappa shape index (κ1) is 20.7. The Balaban J connectivity index is 1.53. The van der Waals surface area contributed by atoms with Gasteiger partial charge in [0.05, 0.1) is 23.3 Å². The normalized spacial score (nSPS) is 15.4. The maximum absolute atomic E-state index is 13.8. The fourth-order valence-corrected chi connectivity index (χ4v) is 3.93. The summed E-state index contributed by atoms with van der Waals surface area (Å²) >= 11 is 0. The molecule has 0 fully saturated rings. The first-order valence-electron chi connectivity index (χ1n) is 9.76. The number of alkyl halides is 3. The van der Waals surface area contributed by atoms with Crippen LogP contribution in [0.4, 0.5) is 23.2 Å². The average molecular weight is 454 g/mol. The number of carbonyl (C=O) groups excluding carboxylic acids is 2. The minimum absolute atomic E-state index is 0.225. The van der Waals surface area contributed by atoms with Crippen LogP contribution in [0.15, 0.2) is 60.8 Å². The van der Waals surface area contributed by atoms with Gasteiger partial charge >= 0.3 is 6.18 Å². The molecule has 3 aromatic carbocycles. The van der Waals surface area contributed by atoms with E-state index in [4.69, 9.17) is 0 Å². The number of benzene rings is 3. The van der Waals surface area contributed by atoms with Crippen LogP contribution in [0.3, 0.4) is 0 Å². The lowest BCUT2D eigenvalue weighted by Gasteiger charge is -2.17. The van der Waals surface area contributed by atoms with Crippen molar-refractivity contribution >= 4 is 28.4 Å². The number of H-pyrrole nitrogens is 1. The number of carbonyl (C=O) groups is 2. The van der Waals surface area contributed by atoms with E-state index in [2.05, 4.69) is 20.8 Å². The Morgan fingerprint density at radius 1 is 1.06 bits per heavy atom. The molecule has 33 heavy (non-hydrogen) atoms. The molecule has 1 atom stereocenters. The van der Waals surface area contributed by atoms with Gasteiger partial charge in [0, 0.05) is 27.8 Å². The molecular formula is C23H14F4N4O2. The number of hydrogen-bond acceptors (Lipinski definition) is 3. The van der Waals surface area contributed by atoms with Gasteiger partial charge in [0.1, 0.15) is 5.82 Å². The Kier molecular flexibility index (Phi) is 4.66. The number of halogens is 4. The fraction of sp³-hybridized carbons (Fsp3) is 0.0870. The SMILES string of the molecule is O=C(Nc1cccc2c1C(c1ccc3cn[nH]c3c1)NC2=O)c1cc(F)cc(C(F)(F)F)c1. The highest BCUT2D eigenvalue weighted by molar-refractivity contribution is 6.08. The monoisotopic (exact) mass is 454 g/mol. The third kappa shape index (κ3) is 3.69. The third-order valence-electron chi connectivity index (χ3n) is 5.45. The fourth-order valence-electron chi connectivity index (χ4n) is 3.93. The average Bonchev–Trinajstić information content (AvgIpc) is 3.37. The van der Waals surface area contributed by atoms with Crippen LogP contribution < -0.4 is 10.6 Å². The molecular weight excluding hydrogens is 440 g/mol. The highest BCUT2D eigenvalue weighted by atomic mass is 19.4. The van der Waals surface area contributed by atoms with Gasteiger partial charge in [0.15, 0.2) is 0 Å². The number of hydrogen-bond donors (Lipinski definition) is 3. The van der Waals surface area contributed by atoms with Crippen LogP contribution in [0, 0.1) is 5.82 Å². The summed E-state index contributed by atoms with van der Waals surface area (Å²) in [7, 11) is 0. The van der Waals surface area contributed by atoms with E-state index in [1.54, 1.807) is 24.4 Å².